The molecular weight excluding hydrogens is 593 g/mol. The van der Waals surface area contributed by atoms with E-state index in [9.17, 15) is 18.0 Å². The average Bonchev–Trinajstić information content (AvgIpc) is 3.34. The molecule has 1 aromatic heterocycles. The Labute approximate surface area is 226 Å². The molecule has 1 fully saturated rings. The summed E-state index contributed by atoms with van der Waals surface area (Å²) in [6, 6.07) is 12.1. The number of nitrogens with zero attached hydrogens (tertiary/aromatic N) is 4. The molecule has 1 atom stereocenters. The normalized spacial score (nSPS) is 20.5. The highest BCUT2D eigenvalue weighted by molar-refractivity contribution is 9.10. The molecule has 0 spiro atoms. The second kappa shape index (κ2) is 9.14. The summed E-state index contributed by atoms with van der Waals surface area (Å²) in [7, 11) is -4.16. The van der Waals surface area contributed by atoms with Crippen molar-refractivity contribution in [2.45, 2.75) is 23.9 Å². The SMILES string of the molecule is CC1(Cc2ccc(Br)cc2)C(=O)N(c2cc(Cl)cc(Cl)c2)c2ncc(S(=O)(=O)N3CCNC(=O)C3)n21. The third-order valence-electron chi connectivity index (χ3n) is 6.24. The summed E-state index contributed by atoms with van der Waals surface area (Å²) in [6.45, 7) is 1.67. The molecule has 13 heteroatoms. The molecule has 2 aliphatic heterocycles. The van der Waals surface area contributed by atoms with E-state index in [1.807, 2.05) is 24.3 Å². The van der Waals surface area contributed by atoms with Crippen molar-refractivity contribution >= 4 is 72.6 Å². The van der Waals surface area contributed by atoms with Gasteiger partial charge in [-0.05, 0) is 42.8 Å². The molecule has 0 saturated carbocycles. The second-order valence-corrected chi connectivity index (χ2v) is 12.4. The van der Waals surface area contributed by atoms with Crippen molar-refractivity contribution in [3.05, 3.63) is 68.7 Å². The Morgan fingerprint density at radius 3 is 2.42 bits per heavy atom. The maximum Gasteiger partial charge on any atom is 0.260 e. The van der Waals surface area contributed by atoms with Gasteiger partial charge in [0.2, 0.25) is 11.9 Å². The number of imidazole rings is 1. The van der Waals surface area contributed by atoms with E-state index in [2.05, 4.69) is 26.2 Å². The Bertz CT molecular complexity index is 1470. The van der Waals surface area contributed by atoms with Gasteiger partial charge < -0.3 is 5.32 Å². The maximum absolute atomic E-state index is 14.0. The van der Waals surface area contributed by atoms with E-state index < -0.39 is 21.5 Å². The number of halogens is 3. The van der Waals surface area contributed by atoms with Gasteiger partial charge in [-0.25, -0.2) is 18.3 Å². The van der Waals surface area contributed by atoms with Crippen molar-refractivity contribution in [2.24, 2.45) is 0 Å². The van der Waals surface area contributed by atoms with Crippen LogP contribution < -0.4 is 10.2 Å². The predicted octanol–water partition coefficient (Wildman–Crippen LogP) is 3.71. The van der Waals surface area contributed by atoms with Crippen molar-refractivity contribution in [2.75, 3.05) is 24.5 Å². The molecule has 3 aromatic rings. The first-order chi connectivity index (χ1) is 17.0. The lowest BCUT2D eigenvalue weighted by Crippen LogP contribution is -2.50. The molecule has 188 valence electrons. The minimum Gasteiger partial charge on any atom is -0.354 e. The topological polar surface area (TPSA) is 105 Å². The first kappa shape index (κ1) is 25.2. The van der Waals surface area contributed by atoms with Crippen LogP contribution in [0.1, 0.15) is 12.5 Å². The molecule has 9 nitrogen and oxygen atoms in total. The fourth-order valence-corrected chi connectivity index (χ4v) is 6.93. The van der Waals surface area contributed by atoms with Gasteiger partial charge in [-0.3, -0.25) is 14.2 Å². The zero-order valence-corrected chi connectivity index (χ0v) is 22.8. The quantitative estimate of drug-likeness (QED) is 0.473. The summed E-state index contributed by atoms with van der Waals surface area (Å²) in [5, 5.41) is 3.09. The maximum atomic E-state index is 14.0. The van der Waals surface area contributed by atoms with E-state index in [4.69, 9.17) is 23.2 Å². The predicted molar refractivity (Wildman–Crippen MR) is 139 cm³/mol. The standard InChI is InChI=1S/C23H20BrCl2N5O4S/c1-23(11-14-2-4-15(24)5-3-14)21(33)30(18-9-16(25)8-17(26)10-18)22-28-12-20(31(22)23)36(34,35)29-7-6-27-19(32)13-29/h2-5,8-10,12H,6-7,11,13H2,1H3,(H,27,32). The van der Waals surface area contributed by atoms with E-state index >= 15 is 0 Å². The minimum atomic E-state index is -4.16. The molecule has 0 radical (unpaired) electrons. The minimum absolute atomic E-state index is 0.111. The van der Waals surface area contributed by atoms with Crippen LogP contribution in [0.2, 0.25) is 10.0 Å². The number of anilines is 2. The van der Waals surface area contributed by atoms with Crippen LogP contribution in [0.4, 0.5) is 11.6 Å². The zero-order valence-electron chi connectivity index (χ0n) is 18.9. The molecule has 5 rings (SSSR count). The molecule has 2 amide bonds. The molecule has 36 heavy (non-hydrogen) atoms. The highest BCUT2D eigenvalue weighted by Gasteiger charge is 2.52. The number of carbonyl (C=O) groups excluding carboxylic acids is 2. The molecule has 0 aliphatic carbocycles. The van der Waals surface area contributed by atoms with Gasteiger partial charge in [0.15, 0.2) is 5.03 Å². The van der Waals surface area contributed by atoms with Gasteiger partial charge in [0, 0.05) is 34.0 Å². The number of nitrogens with one attached hydrogen (secondary N) is 1. The van der Waals surface area contributed by atoms with Crippen LogP contribution in [0.25, 0.3) is 0 Å². The van der Waals surface area contributed by atoms with Gasteiger partial charge in [-0.1, -0.05) is 51.3 Å². The van der Waals surface area contributed by atoms with Crippen LogP contribution in [-0.4, -0.2) is 53.7 Å². The zero-order chi connectivity index (χ0) is 25.8. The Morgan fingerprint density at radius 1 is 1.11 bits per heavy atom. The number of aromatic nitrogens is 2. The third-order valence-corrected chi connectivity index (χ3v) is 9.02. The monoisotopic (exact) mass is 611 g/mol. The van der Waals surface area contributed by atoms with Crippen molar-refractivity contribution < 1.29 is 18.0 Å². The highest BCUT2D eigenvalue weighted by atomic mass is 79.9. The number of fused-ring (bicyclic) bond motifs is 1. The summed E-state index contributed by atoms with van der Waals surface area (Å²) < 4.78 is 30.8. The summed E-state index contributed by atoms with van der Waals surface area (Å²) in [5.74, 6) is -0.660. The Kier molecular flexibility index (Phi) is 6.40. The van der Waals surface area contributed by atoms with Gasteiger partial charge in [-0.15, -0.1) is 0 Å². The third kappa shape index (κ3) is 4.22. The number of carbonyl (C=O) groups is 2. The van der Waals surface area contributed by atoms with E-state index in [0.717, 1.165) is 14.3 Å². The van der Waals surface area contributed by atoms with Crippen molar-refractivity contribution in [1.29, 1.82) is 0 Å². The van der Waals surface area contributed by atoms with E-state index in [-0.39, 0.29) is 42.9 Å². The number of benzene rings is 2. The first-order valence-electron chi connectivity index (χ1n) is 10.9. The summed E-state index contributed by atoms with van der Waals surface area (Å²) >= 11 is 15.8. The molecule has 1 unspecified atom stereocenters. The second-order valence-electron chi connectivity index (χ2n) is 8.77. The fraction of sp³-hybridized carbons (Fsp3) is 0.261. The van der Waals surface area contributed by atoms with Crippen LogP contribution in [0.5, 0.6) is 0 Å². The lowest BCUT2D eigenvalue weighted by Gasteiger charge is -2.29. The lowest BCUT2D eigenvalue weighted by molar-refractivity contribution is -0.124. The number of amides is 2. The van der Waals surface area contributed by atoms with Gasteiger partial charge >= 0.3 is 0 Å². The van der Waals surface area contributed by atoms with Gasteiger partial charge in [0.1, 0.15) is 5.54 Å². The fourth-order valence-electron chi connectivity index (χ4n) is 4.57. The van der Waals surface area contributed by atoms with E-state index in [0.29, 0.717) is 15.7 Å². The number of piperazine rings is 1. The molecule has 2 aromatic carbocycles. The molecular formula is C23H20BrCl2N5O4S. The van der Waals surface area contributed by atoms with Crippen molar-refractivity contribution in [1.82, 2.24) is 19.2 Å². The van der Waals surface area contributed by atoms with Crippen LogP contribution in [0.15, 0.2) is 58.2 Å². The van der Waals surface area contributed by atoms with Gasteiger partial charge in [0.05, 0.1) is 18.4 Å². The molecule has 1 saturated heterocycles. The molecule has 0 bridgehead atoms. The van der Waals surface area contributed by atoms with Crippen molar-refractivity contribution in [3.8, 4) is 0 Å². The van der Waals surface area contributed by atoms with Gasteiger partial charge in [0.25, 0.3) is 15.9 Å². The molecule has 3 heterocycles. The van der Waals surface area contributed by atoms with E-state index in [1.54, 1.807) is 19.1 Å². The number of hydrogen-bond acceptors (Lipinski definition) is 5. The van der Waals surface area contributed by atoms with Crippen LogP contribution >= 0.6 is 39.1 Å². The largest absolute Gasteiger partial charge is 0.354 e. The first-order valence-corrected chi connectivity index (χ1v) is 13.9. The number of sulfonamides is 1. The van der Waals surface area contributed by atoms with Crippen LogP contribution in [0.3, 0.4) is 0 Å². The van der Waals surface area contributed by atoms with E-state index in [1.165, 1.54) is 21.7 Å². The van der Waals surface area contributed by atoms with Gasteiger partial charge in [-0.2, -0.15) is 4.31 Å². The summed E-state index contributed by atoms with van der Waals surface area (Å²) in [6.07, 6.45) is 1.42. The summed E-state index contributed by atoms with van der Waals surface area (Å²) in [4.78, 5) is 31.7. The van der Waals surface area contributed by atoms with Crippen molar-refractivity contribution in [3.63, 3.8) is 0 Å². The Morgan fingerprint density at radius 2 is 1.78 bits per heavy atom. The van der Waals surface area contributed by atoms with Crippen LogP contribution in [-0.2, 0) is 31.6 Å². The highest BCUT2D eigenvalue weighted by Crippen LogP contribution is 2.44. The smallest absolute Gasteiger partial charge is 0.260 e. The molecule has 1 N–H and O–H groups in total. The Balaban J connectivity index is 1.68. The number of hydrogen-bond donors (Lipinski definition) is 1. The Hall–Kier alpha value is -2.44. The lowest BCUT2D eigenvalue weighted by atomic mass is 9.92. The van der Waals surface area contributed by atoms with Crippen LogP contribution in [0, 0.1) is 0 Å². The molecule has 2 aliphatic rings. The summed E-state index contributed by atoms with van der Waals surface area (Å²) in [5.41, 5.74) is -0.167. The average molecular weight is 613 g/mol. The number of rotatable bonds is 5.